The zero-order valence-corrected chi connectivity index (χ0v) is 15.7. The van der Waals surface area contributed by atoms with Crippen molar-refractivity contribution in [3.05, 3.63) is 48.3 Å². The first-order valence-electron chi connectivity index (χ1n) is 8.25. The highest BCUT2D eigenvalue weighted by molar-refractivity contribution is 7.89. The summed E-state index contributed by atoms with van der Waals surface area (Å²) in [6.07, 6.45) is 4.80. The molecule has 142 valence electrons. The van der Waals surface area contributed by atoms with Gasteiger partial charge in [-0.2, -0.15) is 0 Å². The summed E-state index contributed by atoms with van der Waals surface area (Å²) in [5, 5.41) is 2.80. The molecular weight excluding hydrogens is 359 g/mol. The van der Waals surface area contributed by atoms with Crippen LogP contribution in [0.15, 0.2) is 41.6 Å². The van der Waals surface area contributed by atoms with E-state index in [1.165, 1.54) is 23.5 Å². The Labute approximate surface area is 152 Å². The number of amides is 1. The zero-order valence-electron chi connectivity index (χ0n) is 14.9. The number of hydrogen-bond acceptors (Lipinski definition) is 4. The predicted molar refractivity (Wildman–Crippen MR) is 95.4 cm³/mol. The van der Waals surface area contributed by atoms with Gasteiger partial charge in [0.1, 0.15) is 11.6 Å². The van der Waals surface area contributed by atoms with E-state index in [4.69, 9.17) is 0 Å². The lowest BCUT2D eigenvalue weighted by Crippen LogP contribution is -2.30. The Kier molecular flexibility index (Phi) is 6.87. The van der Waals surface area contributed by atoms with Crippen LogP contribution >= 0.6 is 0 Å². The van der Waals surface area contributed by atoms with Gasteiger partial charge in [0.25, 0.3) is 0 Å². The largest absolute Gasteiger partial charge is 0.356 e. The number of aromatic nitrogens is 2. The molecule has 0 atom stereocenters. The van der Waals surface area contributed by atoms with Crippen LogP contribution in [0.2, 0.25) is 0 Å². The number of imidazole rings is 1. The summed E-state index contributed by atoms with van der Waals surface area (Å²) in [5.41, 5.74) is 0. The second-order valence-corrected chi connectivity index (χ2v) is 7.98. The van der Waals surface area contributed by atoms with Crippen molar-refractivity contribution < 1.29 is 17.6 Å². The molecule has 0 fully saturated rings. The molecule has 0 radical (unpaired) electrons. The van der Waals surface area contributed by atoms with Crippen LogP contribution in [0.3, 0.4) is 0 Å². The first-order chi connectivity index (χ1) is 12.3. The fraction of sp³-hybridized carbons (Fsp3) is 0.412. The lowest BCUT2D eigenvalue weighted by atomic mass is 10.3. The van der Waals surface area contributed by atoms with E-state index in [9.17, 15) is 17.6 Å². The van der Waals surface area contributed by atoms with Gasteiger partial charge in [-0.25, -0.2) is 22.1 Å². The van der Waals surface area contributed by atoms with Gasteiger partial charge in [-0.05, 0) is 30.7 Å². The maximum absolute atomic E-state index is 12.9. The third-order valence-corrected chi connectivity index (χ3v) is 5.86. The number of carbonyl (C=O) groups is 1. The van der Waals surface area contributed by atoms with Gasteiger partial charge in [-0.3, -0.25) is 4.79 Å². The first-order valence-corrected chi connectivity index (χ1v) is 9.69. The quantitative estimate of drug-likeness (QED) is 0.709. The van der Waals surface area contributed by atoms with E-state index >= 15 is 0 Å². The van der Waals surface area contributed by atoms with Gasteiger partial charge >= 0.3 is 0 Å². The molecule has 9 heteroatoms. The van der Waals surface area contributed by atoms with Crippen LogP contribution in [-0.4, -0.2) is 48.3 Å². The number of sulfonamides is 1. The van der Waals surface area contributed by atoms with Gasteiger partial charge in [0.2, 0.25) is 15.9 Å². The summed E-state index contributed by atoms with van der Waals surface area (Å²) in [6, 6.07) is 4.67. The van der Waals surface area contributed by atoms with Crippen LogP contribution in [0.4, 0.5) is 4.39 Å². The Balaban J connectivity index is 1.73. The molecule has 1 N–H and O–H groups in total. The van der Waals surface area contributed by atoms with Crippen LogP contribution in [0, 0.1) is 5.82 Å². The molecular formula is C17H23FN4O3S. The molecule has 7 nitrogen and oxygen atoms in total. The van der Waals surface area contributed by atoms with E-state index in [0.717, 1.165) is 18.0 Å². The lowest BCUT2D eigenvalue weighted by molar-refractivity contribution is -0.121. The number of benzene rings is 1. The molecule has 0 saturated carbocycles. The molecule has 2 rings (SSSR count). The van der Waals surface area contributed by atoms with Crippen molar-refractivity contribution in [3.63, 3.8) is 0 Å². The number of aryl methyl sites for hydroxylation is 1. The van der Waals surface area contributed by atoms with E-state index in [2.05, 4.69) is 10.3 Å². The van der Waals surface area contributed by atoms with Gasteiger partial charge < -0.3 is 9.88 Å². The van der Waals surface area contributed by atoms with Crippen LogP contribution < -0.4 is 5.32 Å². The molecule has 0 aliphatic heterocycles. The minimum atomic E-state index is -3.68. The number of rotatable bonds is 9. The predicted octanol–water partition coefficient (Wildman–Crippen LogP) is 1.32. The van der Waals surface area contributed by atoms with Crippen molar-refractivity contribution in [1.82, 2.24) is 19.2 Å². The average molecular weight is 382 g/mol. The van der Waals surface area contributed by atoms with Crippen LogP contribution in [-0.2, 0) is 28.3 Å². The van der Waals surface area contributed by atoms with Crippen LogP contribution in [0.25, 0.3) is 0 Å². The molecule has 1 amide bonds. The monoisotopic (exact) mass is 382 g/mol. The normalized spacial score (nSPS) is 11.7. The van der Waals surface area contributed by atoms with E-state index in [1.54, 1.807) is 6.20 Å². The molecule has 0 aliphatic carbocycles. The standard InChI is InChI=1S/C17H23FN4O3S/c1-21-13-11-19-16(21)9-10-20-17(23)4-3-12-22(2)26(24,25)15-7-5-14(18)6-8-15/h5-8,11,13H,3-4,9-10,12H2,1-2H3,(H,20,23). The van der Waals surface area contributed by atoms with Crippen molar-refractivity contribution >= 4 is 15.9 Å². The molecule has 0 aliphatic rings. The summed E-state index contributed by atoms with van der Waals surface area (Å²) in [6.45, 7) is 0.680. The Morgan fingerprint density at radius 3 is 2.62 bits per heavy atom. The molecule has 0 spiro atoms. The maximum Gasteiger partial charge on any atom is 0.242 e. The van der Waals surface area contributed by atoms with Gasteiger partial charge in [-0.15, -0.1) is 0 Å². The van der Waals surface area contributed by atoms with Crippen LogP contribution in [0.5, 0.6) is 0 Å². The Morgan fingerprint density at radius 1 is 1.31 bits per heavy atom. The highest BCUT2D eigenvalue weighted by atomic mass is 32.2. The number of nitrogens with zero attached hydrogens (tertiary/aromatic N) is 3. The molecule has 0 saturated heterocycles. The fourth-order valence-corrected chi connectivity index (χ4v) is 3.62. The van der Waals surface area contributed by atoms with Crippen molar-refractivity contribution in [2.24, 2.45) is 7.05 Å². The third-order valence-electron chi connectivity index (χ3n) is 3.99. The first kappa shape index (κ1) is 20.1. The van der Waals surface area contributed by atoms with E-state index in [1.807, 2.05) is 17.8 Å². The number of nitrogens with one attached hydrogen (secondary N) is 1. The van der Waals surface area contributed by atoms with Crippen LogP contribution in [0.1, 0.15) is 18.7 Å². The highest BCUT2D eigenvalue weighted by Crippen LogP contribution is 2.15. The molecule has 0 bridgehead atoms. The van der Waals surface area contributed by atoms with Crippen molar-refractivity contribution in [2.75, 3.05) is 20.1 Å². The smallest absolute Gasteiger partial charge is 0.242 e. The van der Waals surface area contributed by atoms with Crippen molar-refractivity contribution in [2.45, 2.75) is 24.2 Å². The fourth-order valence-electron chi connectivity index (χ4n) is 2.41. The van der Waals surface area contributed by atoms with E-state index in [-0.39, 0.29) is 23.8 Å². The minimum absolute atomic E-state index is 0.0286. The zero-order chi connectivity index (χ0) is 19.2. The average Bonchev–Trinajstić information content (AvgIpc) is 3.00. The highest BCUT2D eigenvalue weighted by Gasteiger charge is 2.20. The summed E-state index contributed by atoms with van der Waals surface area (Å²) >= 11 is 0. The summed E-state index contributed by atoms with van der Waals surface area (Å²) < 4.78 is 40.7. The maximum atomic E-state index is 12.9. The lowest BCUT2D eigenvalue weighted by Gasteiger charge is -2.17. The summed E-state index contributed by atoms with van der Waals surface area (Å²) in [7, 11) is -0.349. The van der Waals surface area contributed by atoms with E-state index in [0.29, 0.717) is 19.4 Å². The Morgan fingerprint density at radius 2 is 2.00 bits per heavy atom. The van der Waals surface area contributed by atoms with Crippen molar-refractivity contribution in [1.29, 1.82) is 0 Å². The van der Waals surface area contributed by atoms with Gasteiger partial charge in [-0.1, -0.05) is 0 Å². The molecule has 2 aromatic rings. The SMILES string of the molecule is CN(CCCC(=O)NCCc1nccn1C)S(=O)(=O)c1ccc(F)cc1. The molecule has 0 unspecified atom stereocenters. The van der Waals surface area contributed by atoms with E-state index < -0.39 is 15.8 Å². The number of halogens is 1. The summed E-state index contributed by atoms with van der Waals surface area (Å²) in [5.74, 6) is 0.260. The Hall–Kier alpha value is -2.26. The molecule has 1 heterocycles. The number of carbonyl (C=O) groups excluding carboxylic acids is 1. The van der Waals surface area contributed by atoms with Gasteiger partial charge in [0, 0.05) is 52.4 Å². The molecule has 1 aromatic heterocycles. The second kappa shape index (κ2) is 8.91. The second-order valence-electron chi connectivity index (χ2n) is 5.94. The van der Waals surface area contributed by atoms with Gasteiger partial charge in [0.15, 0.2) is 0 Å². The molecule has 1 aromatic carbocycles. The Bertz CT molecular complexity index is 834. The number of hydrogen-bond donors (Lipinski definition) is 1. The van der Waals surface area contributed by atoms with Crippen molar-refractivity contribution in [3.8, 4) is 0 Å². The topological polar surface area (TPSA) is 84.3 Å². The molecule has 26 heavy (non-hydrogen) atoms. The minimum Gasteiger partial charge on any atom is -0.356 e. The third kappa shape index (κ3) is 5.37. The summed E-state index contributed by atoms with van der Waals surface area (Å²) in [4.78, 5) is 16.0. The van der Waals surface area contributed by atoms with Gasteiger partial charge in [0.05, 0.1) is 4.90 Å².